The molecule has 0 heterocycles. The summed E-state index contributed by atoms with van der Waals surface area (Å²) in [6.45, 7) is 14.7. The second-order valence-corrected chi connectivity index (χ2v) is 21.9. The first kappa shape index (κ1) is 32.8. The lowest BCUT2D eigenvalue weighted by Crippen LogP contribution is -2.67. The van der Waals surface area contributed by atoms with E-state index in [0.29, 0.717) is 19.6 Å². The topological polar surface area (TPSA) is 38.7 Å². The Balaban J connectivity index is 1.65. The largest absolute Gasteiger partial charge is 0.407 e. The molecule has 0 radical (unpaired) electrons. The fourth-order valence-corrected chi connectivity index (χ4v) is 15.5. The molecule has 0 atom stereocenters. The maximum absolute atomic E-state index is 10.1. The van der Waals surface area contributed by atoms with Crippen LogP contribution in [-0.4, -0.2) is 41.6 Å². The van der Waals surface area contributed by atoms with Crippen LogP contribution in [0.4, 0.5) is 0 Å². The second kappa shape index (κ2) is 14.1. The van der Waals surface area contributed by atoms with Crippen LogP contribution in [-0.2, 0) is 8.85 Å². The zero-order valence-electron chi connectivity index (χ0n) is 26.7. The van der Waals surface area contributed by atoms with E-state index in [1.165, 1.54) is 20.7 Å². The summed E-state index contributed by atoms with van der Waals surface area (Å²) in [5.74, 6) is 0. The quantitative estimate of drug-likeness (QED) is 0.148. The molecule has 0 aromatic heterocycles. The van der Waals surface area contributed by atoms with Gasteiger partial charge in [-0.05, 0) is 42.8 Å². The average molecular weight is 609 g/mol. The van der Waals surface area contributed by atoms with E-state index in [4.69, 9.17) is 8.85 Å². The normalized spacial score (nSPS) is 13.2. The summed E-state index contributed by atoms with van der Waals surface area (Å²) in [6.07, 6.45) is 2.59. The van der Waals surface area contributed by atoms with Crippen LogP contribution >= 0.6 is 0 Å². The molecule has 0 aliphatic heterocycles. The first-order valence-electron chi connectivity index (χ1n) is 15.3. The van der Waals surface area contributed by atoms with Crippen molar-refractivity contribution in [1.29, 1.82) is 0 Å². The van der Waals surface area contributed by atoms with Gasteiger partial charge in [0.1, 0.15) is 0 Å². The maximum Gasteiger partial charge on any atom is 0.261 e. The highest BCUT2D eigenvalue weighted by atomic mass is 28.4. The molecule has 4 rings (SSSR count). The summed E-state index contributed by atoms with van der Waals surface area (Å²) >= 11 is 0. The molecule has 0 unspecified atom stereocenters. The van der Waals surface area contributed by atoms with E-state index in [1.807, 2.05) is 6.08 Å². The summed E-state index contributed by atoms with van der Waals surface area (Å²) in [7, 11) is -5.36. The Kier molecular flexibility index (Phi) is 10.8. The zero-order chi connectivity index (χ0) is 31.0. The third-order valence-corrected chi connectivity index (χ3v) is 18.5. The minimum atomic E-state index is -2.71. The molecule has 0 saturated carbocycles. The van der Waals surface area contributed by atoms with E-state index in [9.17, 15) is 5.11 Å². The van der Waals surface area contributed by atoms with Crippen LogP contribution in [0.1, 0.15) is 48.0 Å². The summed E-state index contributed by atoms with van der Waals surface area (Å²) in [4.78, 5) is 0. The molecule has 1 N–H and O–H groups in total. The molecule has 0 saturated heterocycles. The Morgan fingerprint density at radius 3 is 1.19 bits per heavy atom. The third-order valence-electron chi connectivity index (χ3n) is 8.43. The monoisotopic (exact) mass is 608 g/mol. The Morgan fingerprint density at radius 2 is 0.884 bits per heavy atom. The van der Waals surface area contributed by atoms with Crippen molar-refractivity contribution >= 4 is 37.4 Å². The van der Waals surface area contributed by atoms with E-state index >= 15 is 0 Å². The number of aliphatic hydroxyl groups is 1. The summed E-state index contributed by atoms with van der Waals surface area (Å²) in [5, 5.41) is 14.9. The van der Waals surface area contributed by atoms with Crippen molar-refractivity contribution in [2.75, 3.05) is 19.8 Å². The minimum Gasteiger partial charge on any atom is -0.407 e. The van der Waals surface area contributed by atoms with Crippen molar-refractivity contribution in [3.8, 4) is 0 Å². The van der Waals surface area contributed by atoms with Gasteiger partial charge < -0.3 is 14.0 Å². The van der Waals surface area contributed by atoms with Crippen LogP contribution in [0.5, 0.6) is 0 Å². The first-order chi connectivity index (χ1) is 20.6. The molecule has 0 spiro atoms. The van der Waals surface area contributed by atoms with Gasteiger partial charge in [-0.1, -0.05) is 169 Å². The molecule has 0 fully saturated rings. The number of hydrogen-bond donors (Lipinski definition) is 1. The van der Waals surface area contributed by atoms with Crippen LogP contribution in [0.3, 0.4) is 0 Å². The summed E-state index contributed by atoms with van der Waals surface area (Å²) in [6, 6.07) is 42.9. The lowest BCUT2D eigenvalue weighted by molar-refractivity contribution is 0.280. The molecule has 0 aliphatic carbocycles. The lowest BCUT2D eigenvalue weighted by atomic mass is 10.2. The van der Waals surface area contributed by atoms with Crippen LogP contribution in [0.15, 0.2) is 133 Å². The van der Waals surface area contributed by atoms with Gasteiger partial charge in [0.15, 0.2) is 0 Å². The van der Waals surface area contributed by atoms with E-state index in [0.717, 1.165) is 5.57 Å². The third kappa shape index (κ3) is 7.03. The van der Waals surface area contributed by atoms with Gasteiger partial charge in [-0.15, -0.1) is 0 Å². The Bertz CT molecular complexity index is 1350. The van der Waals surface area contributed by atoms with E-state index in [-0.39, 0.29) is 16.7 Å². The Labute approximate surface area is 261 Å². The predicted octanol–water partition coefficient (Wildman–Crippen LogP) is 6.45. The molecular weight excluding hydrogens is 561 g/mol. The summed E-state index contributed by atoms with van der Waals surface area (Å²) in [5.41, 5.74) is 1.06. The SMILES string of the molecule is CC(C)(C)[Si](OCCC(=CCO)CO[Si](c1ccccc1)(c1ccccc1)C(C)(C)C)(c1ccccc1)c1ccccc1. The van der Waals surface area contributed by atoms with Gasteiger partial charge in [0.05, 0.1) is 13.2 Å². The van der Waals surface area contributed by atoms with Gasteiger partial charge in [0.2, 0.25) is 0 Å². The highest BCUT2D eigenvalue weighted by Crippen LogP contribution is 2.38. The highest BCUT2D eigenvalue weighted by molar-refractivity contribution is 7.00. The fourth-order valence-electron chi connectivity index (χ4n) is 6.42. The molecule has 4 aromatic rings. The molecule has 4 aromatic carbocycles. The smallest absolute Gasteiger partial charge is 0.261 e. The van der Waals surface area contributed by atoms with Crippen LogP contribution < -0.4 is 20.7 Å². The number of benzene rings is 4. The number of rotatable bonds is 12. The van der Waals surface area contributed by atoms with Gasteiger partial charge in [-0.2, -0.15) is 0 Å². The Morgan fingerprint density at radius 1 is 0.558 bits per heavy atom. The van der Waals surface area contributed by atoms with Crippen molar-refractivity contribution in [2.45, 2.75) is 58.0 Å². The van der Waals surface area contributed by atoms with Gasteiger partial charge >= 0.3 is 0 Å². The molecule has 226 valence electrons. The lowest BCUT2D eigenvalue weighted by Gasteiger charge is -2.44. The van der Waals surface area contributed by atoms with Crippen LogP contribution in [0, 0.1) is 0 Å². The predicted molar refractivity (Wildman–Crippen MR) is 187 cm³/mol. The van der Waals surface area contributed by atoms with Gasteiger partial charge in [-0.3, -0.25) is 0 Å². The van der Waals surface area contributed by atoms with Gasteiger partial charge in [0.25, 0.3) is 16.6 Å². The maximum atomic E-state index is 10.1. The molecule has 3 nitrogen and oxygen atoms in total. The highest BCUT2D eigenvalue weighted by Gasteiger charge is 2.51. The van der Waals surface area contributed by atoms with Gasteiger partial charge in [0, 0.05) is 6.61 Å². The van der Waals surface area contributed by atoms with Gasteiger partial charge in [-0.25, -0.2) is 0 Å². The zero-order valence-corrected chi connectivity index (χ0v) is 28.7. The molecule has 0 amide bonds. The summed E-state index contributed by atoms with van der Waals surface area (Å²) < 4.78 is 14.4. The van der Waals surface area contributed by atoms with E-state index < -0.39 is 16.6 Å². The number of hydrogen-bond acceptors (Lipinski definition) is 3. The van der Waals surface area contributed by atoms with Crippen LogP contribution in [0.25, 0.3) is 0 Å². The average Bonchev–Trinajstić information content (AvgIpc) is 3.00. The van der Waals surface area contributed by atoms with Crippen molar-refractivity contribution in [3.63, 3.8) is 0 Å². The standard InChI is InChI=1S/C38H48O3Si2/c1-37(2,3)42(33-19-11-7-12-20-33,34-21-13-8-14-22-34)40-30-28-32(27-29-39)31-41-43(38(4,5)6,35-23-15-9-16-24-35)36-25-17-10-18-26-36/h7-27,39H,28-31H2,1-6H3. The molecule has 5 heteroatoms. The Hall–Kier alpha value is -3.07. The van der Waals surface area contributed by atoms with Crippen LogP contribution in [0.2, 0.25) is 10.1 Å². The second-order valence-electron chi connectivity index (χ2n) is 13.3. The number of aliphatic hydroxyl groups excluding tert-OH is 1. The molecular formula is C38H48O3Si2. The van der Waals surface area contributed by atoms with E-state index in [2.05, 4.69) is 163 Å². The fraction of sp³-hybridized carbons (Fsp3) is 0.316. The van der Waals surface area contributed by atoms with Crippen molar-refractivity contribution < 1.29 is 14.0 Å². The molecule has 0 bridgehead atoms. The minimum absolute atomic E-state index is 0.0291. The van der Waals surface area contributed by atoms with Crippen molar-refractivity contribution in [2.24, 2.45) is 0 Å². The van der Waals surface area contributed by atoms with E-state index in [1.54, 1.807) is 0 Å². The molecule has 43 heavy (non-hydrogen) atoms. The molecule has 0 aliphatic rings. The van der Waals surface area contributed by atoms with Crippen molar-refractivity contribution in [3.05, 3.63) is 133 Å². The first-order valence-corrected chi connectivity index (χ1v) is 19.2. The van der Waals surface area contributed by atoms with Crippen molar-refractivity contribution in [1.82, 2.24) is 0 Å².